The lowest BCUT2D eigenvalue weighted by molar-refractivity contribution is -0.168. The van der Waals surface area contributed by atoms with Crippen molar-refractivity contribution in [3.8, 4) is 0 Å². The minimum absolute atomic E-state index is 0.0102. The van der Waals surface area contributed by atoms with Crippen LogP contribution in [0.4, 0.5) is 0 Å². The maximum absolute atomic E-state index is 12.3. The number of allylic oxidation sites excluding steroid dienone is 2. The van der Waals surface area contributed by atoms with Crippen LogP contribution in [0.3, 0.4) is 0 Å². The molecule has 0 fully saturated rings. The van der Waals surface area contributed by atoms with Gasteiger partial charge in [0.1, 0.15) is 6.10 Å². The van der Waals surface area contributed by atoms with Crippen LogP contribution in [0.5, 0.6) is 0 Å². The summed E-state index contributed by atoms with van der Waals surface area (Å²) in [6.45, 7) is 4.89. The lowest BCUT2D eigenvalue weighted by atomic mass is 9.80. The SMILES string of the molecule is C=CCC(C/C=C/C(OC(C)=O)c1ccc(Cl)cc1)(C(=O)OC)C(=O)OC. The van der Waals surface area contributed by atoms with E-state index in [2.05, 4.69) is 6.58 Å². The Balaban J connectivity index is 3.16. The van der Waals surface area contributed by atoms with E-state index in [1.807, 2.05) is 0 Å². The highest BCUT2D eigenvalue weighted by Crippen LogP contribution is 2.32. The monoisotopic (exact) mass is 394 g/mol. The Kier molecular flexibility index (Phi) is 8.75. The number of carbonyl (C=O) groups is 3. The van der Waals surface area contributed by atoms with Crippen molar-refractivity contribution in [1.82, 2.24) is 0 Å². The Morgan fingerprint density at radius 2 is 1.67 bits per heavy atom. The molecule has 0 N–H and O–H groups in total. The summed E-state index contributed by atoms with van der Waals surface area (Å²) < 4.78 is 14.9. The Morgan fingerprint density at radius 1 is 1.11 bits per heavy atom. The number of rotatable bonds is 9. The smallest absolute Gasteiger partial charge is 0.323 e. The first kappa shape index (κ1) is 22.4. The Bertz CT molecular complexity index is 692. The molecule has 0 aliphatic carbocycles. The van der Waals surface area contributed by atoms with Crippen molar-refractivity contribution >= 4 is 29.5 Å². The number of halogens is 1. The largest absolute Gasteiger partial charge is 0.468 e. The highest BCUT2D eigenvalue weighted by molar-refractivity contribution is 6.30. The van der Waals surface area contributed by atoms with Gasteiger partial charge in [-0.3, -0.25) is 14.4 Å². The molecular formula is C20H23ClO6. The number of esters is 3. The quantitative estimate of drug-likeness (QED) is 0.274. The first-order valence-corrected chi connectivity index (χ1v) is 8.55. The van der Waals surface area contributed by atoms with E-state index in [9.17, 15) is 14.4 Å². The molecule has 0 saturated carbocycles. The second-order valence-electron chi connectivity index (χ2n) is 5.77. The predicted octanol–water partition coefficient (Wildman–Crippen LogP) is 3.80. The predicted molar refractivity (Wildman–Crippen MR) is 101 cm³/mol. The number of benzene rings is 1. The molecule has 0 aliphatic rings. The Morgan fingerprint density at radius 3 is 2.11 bits per heavy atom. The molecule has 0 saturated heterocycles. The van der Waals surface area contributed by atoms with Crippen LogP contribution in [-0.2, 0) is 28.6 Å². The van der Waals surface area contributed by atoms with Crippen molar-refractivity contribution in [2.75, 3.05) is 14.2 Å². The highest BCUT2D eigenvalue weighted by Gasteiger charge is 2.46. The number of methoxy groups -OCH3 is 2. The molecule has 27 heavy (non-hydrogen) atoms. The molecule has 0 aromatic heterocycles. The molecule has 1 atom stereocenters. The van der Waals surface area contributed by atoms with Crippen molar-refractivity contribution in [3.63, 3.8) is 0 Å². The summed E-state index contributed by atoms with van der Waals surface area (Å²) in [4.78, 5) is 36.0. The minimum Gasteiger partial charge on any atom is -0.468 e. The van der Waals surface area contributed by atoms with Crippen LogP contribution in [0.1, 0.15) is 31.4 Å². The van der Waals surface area contributed by atoms with E-state index in [0.29, 0.717) is 10.6 Å². The Hall–Kier alpha value is -2.60. The van der Waals surface area contributed by atoms with Gasteiger partial charge in [-0.05, 0) is 36.6 Å². The van der Waals surface area contributed by atoms with E-state index >= 15 is 0 Å². The van der Waals surface area contributed by atoms with Gasteiger partial charge >= 0.3 is 17.9 Å². The van der Waals surface area contributed by atoms with Gasteiger partial charge in [0, 0.05) is 11.9 Å². The van der Waals surface area contributed by atoms with E-state index < -0.39 is 29.4 Å². The molecule has 0 aliphatic heterocycles. The third kappa shape index (κ3) is 5.96. The topological polar surface area (TPSA) is 78.9 Å². The van der Waals surface area contributed by atoms with Gasteiger partial charge < -0.3 is 14.2 Å². The van der Waals surface area contributed by atoms with Gasteiger partial charge in [-0.25, -0.2) is 0 Å². The molecule has 1 rings (SSSR count). The molecule has 1 aromatic carbocycles. The fraction of sp³-hybridized carbons (Fsp3) is 0.350. The first-order chi connectivity index (χ1) is 12.8. The number of hydrogen-bond donors (Lipinski definition) is 0. The van der Waals surface area contributed by atoms with Crippen LogP contribution >= 0.6 is 11.6 Å². The maximum atomic E-state index is 12.3. The molecule has 1 aromatic rings. The zero-order valence-corrected chi connectivity index (χ0v) is 16.3. The van der Waals surface area contributed by atoms with Crippen molar-refractivity contribution < 1.29 is 28.6 Å². The molecule has 0 bridgehead atoms. The fourth-order valence-electron chi connectivity index (χ4n) is 2.58. The van der Waals surface area contributed by atoms with Gasteiger partial charge in [-0.1, -0.05) is 35.9 Å². The summed E-state index contributed by atoms with van der Waals surface area (Å²) in [6.07, 6.45) is 3.95. The van der Waals surface area contributed by atoms with Crippen molar-refractivity contribution in [2.24, 2.45) is 5.41 Å². The molecule has 7 heteroatoms. The number of hydrogen-bond acceptors (Lipinski definition) is 6. The standard InChI is InChI=1S/C20H23ClO6/c1-5-12-20(18(23)25-3,19(24)26-4)13-6-7-17(27-14(2)22)15-8-10-16(21)11-9-15/h5-11,17H,1,12-13H2,2-4H3/b7-6+. The average Bonchev–Trinajstić information content (AvgIpc) is 2.65. The molecule has 0 heterocycles. The van der Waals surface area contributed by atoms with Crippen LogP contribution in [0.25, 0.3) is 0 Å². The van der Waals surface area contributed by atoms with E-state index in [-0.39, 0.29) is 12.8 Å². The number of ether oxygens (including phenoxy) is 3. The Labute approximate surface area is 163 Å². The zero-order chi connectivity index (χ0) is 20.4. The summed E-state index contributed by atoms with van der Waals surface area (Å²) in [5.74, 6) is -1.93. The molecular weight excluding hydrogens is 372 g/mol. The normalized spacial score (nSPS) is 12.3. The minimum atomic E-state index is -1.55. The molecule has 1 unspecified atom stereocenters. The van der Waals surface area contributed by atoms with Crippen LogP contribution in [0.15, 0.2) is 49.1 Å². The zero-order valence-electron chi connectivity index (χ0n) is 15.6. The van der Waals surface area contributed by atoms with E-state index in [4.69, 9.17) is 25.8 Å². The molecule has 146 valence electrons. The van der Waals surface area contributed by atoms with E-state index in [1.165, 1.54) is 27.2 Å². The van der Waals surface area contributed by atoms with Gasteiger partial charge in [0.15, 0.2) is 5.41 Å². The lowest BCUT2D eigenvalue weighted by Crippen LogP contribution is -2.40. The van der Waals surface area contributed by atoms with E-state index in [0.717, 1.165) is 0 Å². The summed E-state index contributed by atoms with van der Waals surface area (Å²) >= 11 is 5.88. The second-order valence-corrected chi connectivity index (χ2v) is 6.21. The van der Waals surface area contributed by atoms with Crippen LogP contribution in [0, 0.1) is 5.41 Å². The van der Waals surface area contributed by atoms with E-state index in [1.54, 1.807) is 36.4 Å². The average molecular weight is 395 g/mol. The van der Waals surface area contributed by atoms with Gasteiger partial charge in [-0.2, -0.15) is 0 Å². The molecule has 0 radical (unpaired) electrons. The fourth-order valence-corrected chi connectivity index (χ4v) is 2.71. The van der Waals surface area contributed by atoms with Gasteiger partial charge in [0.2, 0.25) is 0 Å². The third-order valence-corrected chi connectivity index (χ3v) is 4.17. The van der Waals surface area contributed by atoms with Crippen LogP contribution in [0.2, 0.25) is 5.02 Å². The van der Waals surface area contributed by atoms with Gasteiger partial charge in [0.05, 0.1) is 14.2 Å². The summed E-state index contributed by atoms with van der Waals surface area (Å²) in [5.41, 5.74) is -0.862. The first-order valence-electron chi connectivity index (χ1n) is 8.17. The number of carbonyl (C=O) groups excluding carboxylic acids is 3. The second kappa shape index (κ2) is 10.5. The van der Waals surface area contributed by atoms with Gasteiger partial charge in [-0.15, -0.1) is 6.58 Å². The molecule has 0 amide bonds. The summed E-state index contributed by atoms with van der Waals surface area (Å²) in [5, 5.41) is 0.547. The third-order valence-electron chi connectivity index (χ3n) is 3.91. The van der Waals surface area contributed by atoms with Crippen molar-refractivity contribution in [2.45, 2.75) is 25.9 Å². The summed E-state index contributed by atoms with van der Waals surface area (Å²) in [7, 11) is 2.39. The summed E-state index contributed by atoms with van der Waals surface area (Å²) in [6, 6.07) is 6.79. The van der Waals surface area contributed by atoms with Crippen LogP contribution in [-0.4, -0.2) is 32.1 Å². The van der Waals surface area contributed by atoms with Crippen LogP contribution < -0.4 is 0 Å². The van der Waals surface area contributed by atoms with Crippen molar-refractivity contribution in [3.05, 3.63) is 59.7 Å². The molecule has 6 nitrogen and oxygen atoms in total. The highest BCUT2D eigenvalue weighted by atomic mass is 35.5. The molecule has 0 spiro atoms. The van der Waals surface area contributed by atoms with Gasteiger partial charge in [0.25, 0.3) is 0 Å². The van der Waals surface area contributed by atoms with Crippen molar-refractivity contribution in [1.29, 1.82) is 0 Å². The maximum Gasteiger partial charge on any atom is 0.323 e. The lowest BCUT2D eigenvalue weighted by Gasteiger charge is -2.26.